The monoisotopic (exact) mass is 344 g/mol. The molecule has 134 valence electrons. The first-order chi connectivity index (χ1) is 12.0. The number of benzene rings is 1. The van der Waals surface area contributed by atoms with Crippen molar-refractivity contribution in [3.63, 3.8) is 0 Å². The summed E-state index contributed by atoms with van der Waals surface area (Å²) in [6.45, 7) is 2.89. The van der Waals surface area contributed by atoms with Crippen molar-refractivity contribution in [1.82, 2.24) is 4.90 Å². The summed E-state index contributed by atoms with van der Waals surface area (Å²) < 4.78 is 0. The molecule has 0 bridgehead atoms. The maximum Gasteiger partial charge on any atom is 0.303 e. The van der Waals surface area contributed by atoms with Gasteiger partial charge in [-0.2, -0.15) is 0 Å². The molecule has 6 nitrogen and oxygen atoms in total. The summed E-state index contributed by atoms with van der Waals surface area (Å²) in [5, 5.41) is 8.93. The van der Waals surface area contributed by atoms with E-state index >= 15 is 0 Å². The second kappa shape index (κ2) is 7.25. The molecule has 6 heteroatoms. The summed E-state index contributed by atoms with van der Waals surface area (Å²) in [5.41, 5.74) is 2.55. The Morgan fingerprint density at radius 1 is 1.20 bits per heavy atom. The number of hydrogen-bond donors (Lipinski definition) is 1. The quantitative estimate of drug-likeness (QED) is 0.910. The van der Waals surface area contributed by atoms with Gasteiger partial charge in [0.1, 0.15) is 0 Å². The number of piperidine rings is 1. The fourth-order valence-corrected chi connectivity index (χ4v) is 3.89. The second-order valence-electron chi connectivity index (χ2n) is 6.84. The predicted molar refractivity (Wildman–Crippen MR) is 93.7 cm³/mol. The lowest BCUT2D eigenvalue weighted by Crippen LogP contribution is -2.44. The average Bonchev–Trinajstić information content (AvgIpc) is 3.03. The molecule has 2 aliphatic heterocycles. The minimum Gasteiger partial charge on any atom is -0.481 e. The van der Waals surface area contributed by atoms with Crippen LogP contribution in [-0.2, 0) is 16.0 Å². The first-order valence-corrected chi connectivity index (χ1v) is 8.91. The van der Waals surface area contributed by atoms with Crippen molar-refractivity contribution in [2.24, 2.45) is 0 Å². The Labute approximate surface area is 147 Å². The SMILES string of the molecule is CC(=O)N1CCc2cc(C(=O)N3CCCC[C@H]3CCC(=O)O)ccc21. The number of nitrogens with zero attached hydrogens (tertiary/aromatic N) is 2. The highest BCUT2D eigenvalue weighted by molar-refractivity contribution is 5.98. The molecule has 1 saturated heterocycles. The maximum atomic E-state index is 13.0. The third-order valence-electron chi connectivity index (χ3n) is 5.18. The topological polar surface area (TPSA) is 77.9 Å². The van der Waals surface area contributed by atoms with Crippen molar-refractivity contribution >= 4 is 23.5 Å². The standard InChI is InChI=1S/C19H24N2O4/c1-13(22)20-11-9-14-12-15(5-7-17(14)20)19(25)21-10-3-2-4-16(21)6-8-18(23)24/h5,7,12,16H,2-4,6,8-11H2,1H3,(H,23,24)/t16-/m0/s1. The molecule has 2 amide bonds. The molecule has 0 radical (unpaired) electrons. The largest absolute Gasteiger partial charge is 0.481 e. The highest BCUT2D eigenvalue weighted by atomic mass is 16.4. The van der Waals surface area contributed by atoms with Gasteiger partial charge in [0, 0.05) is 43.7 Å². The molecule has 1 aromatic carbocycles. The predicted octanol–water partition coefficient (Wildman–Crippen LogP) is 2.46. The molecular formula is C19H24N2O4. The summed E-state index contributed by atoms with van der Waals surface area (Å²) >= 11 is 0. The number of rotatable bonds is 4. The van der Waals surface area contributed by atoms with Gasteiger partial charge in [0.25, 0.3) is 5.91 Å². The Morgan fingerprint density at radius 2 is 2.00 bits per heavy atom. The van der Waals surface area contributed by atoms with Crippen LogP contribution in [0, 0.1) is 0 Å². The van der Waals surface area contributed by atoms with E-state index in [-0.39, 0.29) is 24.3 Å². The molecule has 2 heterocycles. The first-order valence-electron chi connectivity index (χ1n) is 8.91. The van der Waals surface area contributed by atoms with Gasteiger partial charge in [0.15, 0.2) is 0 Å². The van der Waals surface area contributed by atoms with Crippen LogP contribution < -0.4 is 4.90 Å². The Hall–Kier alpha value is -2.37. The number of hydrogen-bond acceptors (Lipinski definition) is 3. The zero-order chi connectivity index (χ0) is 18.0. The number of carboxylic acid groups (broad SMARTS) is 1. The number of carbonyl (C=O) groups is 3. The molecule has 1 fully saturated rings. The van der Waals surface area contributed by atoms with Crippen LogP contribution in [0.1, 0.15) is 54.9 Å². The number of aliphatic carboxylic acids is 1. The minimum absolute atomic E-state index is 0.000627. The second-order valence-corrected chi connectivity index (χ2v) is 6.84. The fraction of sp³-hybridized carbons (Fsp3) is 0.526. The molecule has 0 aromatic heterocycles. The summed E-state index contributed by atoms with van der Waals surface area (Å²) in [4.78, 5) is 39.1. The van der Waals surface area contributed by atoms with Gasteiger partial charge in [-0.15, -0.1) is 0 Å². The number of carboxylic acids is 1. The van der Waals surface area contributed by atoms with Gasteiger partial charge in [-0.1, -0.05) is 0 Å². The van der Waals surface area contributed by atoms with Gasteiger partial charge in [-0.25, -0.2) is 0 Å². The van der Waals surface area contributed by atoms with E-state index in [4.69, 9.17) is 5.11 Å². The van der Waals surface area contributed by atoms with Gasteiger partial charge < -0.3 is 14.9 Å². The third kappa shape index (κ3) is 3.67. The van der Waals surface area contributed by atoms with Gasteiger partial charge in [0.05, 0.1) is 0 Å². The van der Waals surface area contributed by atoms with Crippen LogP contribution >= 0.6 is 0 Å². The molecular weight excluding hydrogens is 320 g/mol. The smallest absolute Gasteiger partial charge is 0.303 e. The van der Waals surface area contributed by atoms with Crippen LogP contribution in [0.3, 0.4) is 0 Å². The average molecular weight is 344 g/mol. The molecule has 0 spiro atoms. The Balaban J connectivity index is 1.77. The van der Waals surface area contributed by atoms with Crippen molar-refractivity contribution in [2.45, 2.75) is 51.5 Å². The number of fused-ring (bicyclic) bond motifs is 1. The Morgan fingerprint density at radius 3 is 2.72 bits per heavy atom. The summed E-state index contributed by atoms with van der Waals surface area (Å²) in [6, 6.07) is 5.53. The maximum absolute atomic E-state index is 13.0. The van der Waals surface area contributed by atoms with Gasteiger partial charge in [-0.3, -0.25) is 14.4 Å². The Kier molecular flexibility index (Phi) is 5.06. The van der Waals surface area contributed by atoms with E-state index in [1.165, 1.54) is 0 Å². The molecule has 1 aromatic rings. The van der Waals surface area contributed by atoms with E-state index in [9.17, 15) is 14.4 Å². The molecule has 3 rings (SSSR count). The van der Waals surface area contributed by atoms with E-state index in [1.54, 1.807) is 17.9 Å². The molecule has 0 unspecified atom stereocenters. The molecule has 25 heavy (non-hydrogen) atoms. The van der Waals surface area contributed by atoms with E-state index in [1.807, 2.05) is 17.0 Å². The summed E-state index contributed by atoms with van der Waals surface area (Å²) in [7, 11) is 0. The lowest BCUT2D eigenvalue weighted by Gasteiger charge is -2.36. The van der Waals surface area contributed by atoms with Gasteiger partial charge >= 0.3 is 5.97 Å². The normalized spacial score (nSPS) is 19.6. The highest BCUT2D eigenvalue weighted by Crippen LogP contribution is 2.30. The van der Waals surface area contributed by atoms with Crippen LogP contribution in [0.5, 0.6) is 0 Å². The van der Waals surface area contributed by atoms with Crippen LogP contribution in [0.25, 0.3) is 0 Å². The van der Waals surface area contributed by atoms with E-state index in [0.29, 0.717) is 25.1 Å². The van der Waals surface area contributed by atoms with E-state index in [0.717, 1.165) is 36.9 Å². The van der Waals surface area contributed by atoms with Gasteiger partial charge in [-0.05, 0) is 55.9 Å². The van der Waals surface area contributed by atoms with Crippen molar-refractivity contribution in [1.29, 1.82) is 0 Å². The van der Waals surface area contributed by atoms with Crippen LogP contribution in [0.2, 0.25) is 0 Å². The number of likely N-dealkylation sites (tertiary alicyclic amines) is 1. The van der Waals surface area contributed by atoms with Crippen LogP contribution in [0.4, 0.5) is 5.69 Å². The highest BCUT2D eigenvalue weighted by Gasteiger charge is 2.29. The van der Waals surface area contributed by atoms with Gasteiger partial charge in [0.2, 0.25) is 5.91 Å². The van der Waals surface area contributed by atoms with E-state index in [2.05, 4.69) is 0 Å². The van der Waals surface area contributed by atoms with Crippen LogP contribution in [0.15, 0.2) is 18.2 Å². The Bertz CT molecular complexity index is 701. The number of carbonyl (C=O) groups excluding carboxylic acids is 2. The van der Waals surface area contributed by atoms with Crippen molar-refractivity contribution in [3.8, 4) is 0 Å². The molecule has 0 saturated carbocycles. The zero-order valence-electron chi connectivity index (χ0n) is 14.5. The zero-order valence-corrected chi connectivity index (χ0v) is 14.5. The van der Waals surface area contributed by atoms with Crippen molar-refractivity contribution in [3.05, 3.63) is 29.3 Å². The first kappa shape index (κ1) is 17.5. The minimum atomic E-state index is -0.820. The van der Waals surface area contributed by atoms with E-state index < -0.39 is 5.97 Å². The fourth-order valence-electron chi connectivity index (χ4n) is 3.89. The number of amides is 2. The lowest BCUT2D eigenvalue weighted by molar-refractivity contribution is -0.137. The van der Waals surface area contributed by atoms with Crippen molar-refractivity contribution < 1.29 is 19.5 Å². The molecule has 1 N–H and O–H groups in total. The summed E-state index contributed by atoms with van der Waals surface area (Å²) in [6.07, 6.45) is 4.21. The molecule has 0 aliphatic carbocycles. The molecule has 2 aliphatic rings. The molecule has 1 atom stereocenters. The lowest BCUT2D eigenvalue weighted by atomic mass is 9.96. The number of anilines is 1. The summed E-state index contributed by atoms with van der Waals surface area (Å²) in [5.74, 6) is -0.832. The third-order valence-corrected chi connectivity index (χ3v) is 5.18. The van der Waals surface area contributed by atoms with Crippen molar-refractivity contribution in [2.75, 3.05) is 18.0 Å². The van der Waals surface area contributed by atoms with Crippen LogP contribution in [-0.4, -0.2) is 46.9 Å².